The fourth-order valence-corrected chi connectivity index (χ4v) is 2.36. The summed E-state index contributed by atoms with van der Waals surface area (Å²) >= 11 is 0. The number of rotatable bonds is 5. The van der Waals surface area contributed by atoms with Gasteiger partial charge in [-0.3, -0.25) is 0 Å². The largest absolute Gasteiger partial charge is 0.378 e. The molecule has 0 bridgehead atoms. The average Bonchev–Trinajstić information content (AvgIpc) is 3.00. The van der Waals surface area contributed by atoms with Gasteiger partial charge in [0.1, 0.15) is 6.33 Å². The molecule has 0 fully saturated rings. The highest BCUT2D eigenvalue weighted by Gasteiger charge is 2.10. The van der Waals surface area contributed by atoms with Crippen LogP contribution in [-0.4, -0.2) is 45.9 Å². The molecule has 0 unspecified atom stereocenters. The van der Waals surface area contributed by atoms with Crippen LogP contribution in [0, 0.1) is 0 Å². The van der Waals surface area contributed by atoms with E-state index in [0.717, 1.165) is 22.8 Å². The highest BCUT2D eigenvalue weighted by atomic mass is 15.3. The molecule has 3 aromatic rings. The minimum atomic E-state index is 0.597. The van der Waals surface area contributed by atoms with E-state index >= 15 is 0 Å². The molecule has 2 aromatic heterocycles. The Kier molecular flexibility index (Phi) is 4.41. The third-order valence-electron chi connectivity index (χ3n) is 3.85. The third kappa shape index (κ3) is 3.34. The van der Waals surface area contributed by atoms with Gasteiger partial charge in [0.2, 0.25) is 5.95 Å². The maximum absolute atomic E-state index is 4.67. The van der Waals surface area contributed by atoms with E-state index in [9.17, 15) is 0 Å². The summed E-state index contributed by atoms with van der Waals surface area (Å²) in [7, 11) is 7.92. The number of benzene rings is 1. The Labute approximate surface area is 141 Å². The molecule has 2 heterocycles. The highest BCUT2D eigenvalue weighted by molar-refractivity contribution is 5.63. The van der Waals surface area contributed by atoms with Crippen molar-refractivity contribution >= 4 is 11.6 Å². The zero-order chi connectivity index (χ0) is 17.1. The lowest BCUT2D eigenvalue weighted by Gasteiger charge is -2.17. The summed E-state index contributed by atoms with van der Waals surface area (Å²) in [5.74, 6) is 1.52. The molecule has 0 spiro atoms. The first-order chi connectivity index (χ1) is 11.5. The second kappa shape index (κ2) is 6.66. The average molecular weight is 323 g/mol. The van der Waals surface area contributed by atoms with Crippen molar-refractivity contribution in [3.63, 3.8) is 0 Å². The first-order valence-corrected chi connectivity index (χ1v) is 7.69. The standard InChI is InChI=1S/C17H21N7/c1-22(2)14-7-5-13(6-8-14)15-9-10-18-17(20-15)23(3)11-16-21-19-12-24(16)4/h5-10,12H,11H2,1-4H3. The molecule has 7 heteroatoms. The SMILES string of the molecule is CN(C)c1ccc(-c2ccnc(N(C)Cc3nncn3C)n2)cc1. The smallest absolute Gasteiger partial charge is 0.226 e. The highest BCUT2D eigenvalue weighted by Crippen LogP contribution is 2.22. The molecule has 0 aliphatic carbocycles. The van der Waals surface area contributed by atoms with Crippen LogP contribution in [0.2, 0.25) is 0 Å². The van der Waals surface area contributed by atoms with Gasteiger partial charge in [0.05, 0.1) is 12.2 Å². The molecular weight excluding hydrogens is 302 g/mol. The maximum Gasteiger partial charge on any atom is 0.226 e. The minimum absolute atomic E-state index is 0.597. The summed E-state index contributed by atoms with van der Waals surface area (Å²) < 4.78 is 1.89. The van der Waals surface area contributed by atoms with Gasteiger partial charge < -0.3 is 14.4 Å². The normalized spacial score (nSPS) is 10.7. The van der Waals surface area contributed by atoms with Gasteiger partial charge >= 0.3 is 0 Å². The summed E-state index contributed by atoms with van der Waals surface area (Å²) in [4.78, 5) is 13.1. The minimum Gasteiger partial charge on any atom is -0.378 e. The van der Waals surface area contributed by atoms with E-state index in [1.165, 1.54) is 0 Å². The fraction of sp³-hybridized carbons (Fsp3) is 0.294. The molecule has 24 heavy (non-hydrogen) atoms. The zero-order valence-corrected chi connectivity index (χ0v) is 14.4. The number of hydrogen-bond acceptors (Lipinski definition) is 6. The van der Waals surface area contributed by atoms with Crippen LogP contribution in [0.1, 0.15) is 5.82 Å². The molecule has 1 aromatic carbocycles. The molecule has 0 aliphatic heterocycles. The Bertz CT molecular complexity index is 808. The van der Waals surface area contributed by atoms with Crippen LogP contribution in [0.5, 0.6) is 0 Å². The van der Waals surface area contributed by atoms with Crippen molar-refractivity contribution in [3.05, 3.63) is 48.7 Å². The van der Waals surface area contributed by atoms with Crippen molar-refractivity contribution in [1.29, 1.82) is 0 Å². The molecule has 0 saturated carbocycles. The monoisotopic (exact) mass is 323 g/mol. The molecule has 0 amide bonds. The van der Waals surface area contributed by atoms with Crippen molar-refractivity contribution < 1.29 is 0 Å². The van der Waals surface area contributed by atoms with Crippen LogP contribution in [0.15, 0.2) is 42.9 Å². The summed E-state index contributed by atoms with van der Waals surface area (Å²) in [5, 5.41) is 8.00. The van der Waals surface area contributed by atoms with Crippen molar-refractivity contribution in [2.75, 3.05) is 30.9 Å². The Balaban J connectivity index is 1.82. The van der Waals surface area contributed by atoms with E-state index in [4.69, 9.17) is 0 Å². The molecule has 124 valence electrons. The van der Waals surface area contributed by atoms with Crippen LogP contribution in [0.4, 0.5) is 11.6 Å². The molecule has 0 N–H and O–H groups in total. The van der Waals surface area contributed by atoms with Gasteiger partial charge in [0.25, 0.3) is 0 Å². The summed E-state index contributed by atoms with van der Waals surface area (Å²) in [6.45, 7) is 0.597. The van der Waals surface area contributed by atoms with Gasteiger partial charge in [-0.25, -0.2) is 9.97 Å². The van der Waals surface area contributed by atoms with Crippen LogP contribution in [0.25, 0.3) is 11.3 Å². The summed E-state index contributed by atoms with van der Waals surface area (Å²) in [6.07, 6.45) is 3.47. The predicted octanol–water partition coefficient (Wildman–Crippen LogP) is 1.97. The molecule has 7 nitrogen and oxygen atoms in total. The Morgan fingerprint density at radius 1 is 1.04 bits per heavy atom. The molecule has 0 saturated heterocycles. The van der Waals surface area contributed by atoms with E-state index in [1.54, 1.807) is 12.5 Å². The second-order valence-electron chi connectivity index (χ2n) is 5.90. The molecule has 3 rings (SSSR count). The van der Waals surface area contributed by atoms with Crippen LogP contribution in [-0.2, 0) is 13.6 Å². The van der Waals surface area contributed by atoms with Crippen LogP contribution < -0.4 is 9.80 Å². The van der Waals surface area contributed by atoms with Crippen molar-refractivity contribution in [2.24, 2.45) is 7.05 Å². The van der Waals surface area contributed by atoms with Crippen molar-refractivity contribution in [3.8, 4) is 11.3 Å². The number of nitrogens with zero attached hydrogens (tertiary/aromatic N) is 7. The van der Waals surface area contributed by atoms with Gasteiger partial charge in [-0.2, -0.15) is 0 Å². The van der Waals surface area contributed by atoms with Gasteiger partial charge in [0, 0.05) is 45.6 Å². The van der Waals surface area contributed by atoms with Crippen molar-refractivity contribution in [2.45, 2.75) is 6.54 Å². The van der Waals surface area contributed by atoms with E-state index in [2.05, 4.69) is 49.3 Å². The number of aromatic nitrogens is 5. The van der Waals surface area contributed by atoms with Gasteiger partial charge in [0.15, 0.2) is 5.82 Å². The van der Waals surface area contributed by atoms with Gasteiger partial charge in [-0.05, 0) is 18.2 Å². The summed E-state index contributed by atoms with van der Waals surface area (Å²) in [5.41, 5.74) is 3.12. The Hall–Kier alpha value is -2.96. The molecular formula is C17H21N7. The molecule has 0 atom stereocenters. The lowest BCUT2D eigenvalue weighted by atomic mass is 10.1. The van der Waals surface area contributed by atoms with E-state index in [0.29, 0.717) is 12.5 Å². The topological polar surface area (TPSA) is 63.0 Å². The summed E-state index contributed by atoms with van der Waals surface area (Å²) in [6, 6.07) is 10.2. The third-order valence-corrected chi connectivity index (χ3v) is 3.85. The molecule has 0 radical (unpaired) electrons. The van der Waals surface area contributed by atoms with E-state index in [-0.39, 0.29) is 0 Å². The van der Waals surface area contributed by atoms with Gasteiger partial charge in [-0.1, -0.05) is 12.1 Å². The Morgan fingerprint density at radius 2 is 1.79 bits per heavy atom. The zero-order valence-electron chi connectivity index (χ0n) is 14.4. The van der Waals surface area contributed by atoms with Gasteiger partial charge in [-0.15, -0.1) is 10.2 Å². The predicted molar refractivity (Wildman–Crippen MR) is 94.9 cm³/mol. The lowest BCUT2D eigenvalue weighted by molar-refractivity contribution is 0.745. The van der Waals surface area contributed by atoms with Crippen molar-refractivity contribution in [1.82, 2.24) is 24.7 Å². The number of hydrogen-bond donors (Lipinski definition) is 0. The molecule has 0 aliphatic rings. The second-order valence-corrected chi connectivity index (χ2v) is 5.90. The Morgan fingerprint density at radius 3 is 2.42 bits per heavy atom. The maximum atomic E-state index is 4.67. The number of anilines is 2. The van der Waals surface area contributed by atoms with Crippen LogP contribution >= 0.6 is 0 Å². The van der Waals surface area contributed by atoms with Crippen LogP contribution in [0.3, 0.4) is 0 Å². The number of aryl methyl sites for hydroxylation is 1. The quantitative estimate of drug-likeness (QED) is 0.715. The lowest BCUT2D eigenvalue weighted by Crippen LogP contribution is -2.21. The van der Waals surface area contributed by atoms with E-state index in [1.807, 2.05) is 43.7 Å². The van der Waals surface area contributed by atoms with E-state index < -0.39 is 0 Å². The first-order valence-electron chi connectivity index (χ1n) is 7.69. The first kappa shape index (κ1) is 15.9. The fourth-order valence-electron chi connectivity index (χ4n) is 2.36.